The third kappa shape index (κ3) is 1.60. The van der Waals surface area contributed by atoms with E-state index in [1.807, 2.05) is 18.7 Å². The Bertz CT molecular complexity index is 204. The van der Waals surface area contributed by atoms with Crippen molar-refractivity contribution >= 4 is 0 Å². The average molecular weight is 152 g/mol. The summed E-state index contributed by atoms with van der Waals surface area (Å²) in [6, 6.07) is 0. The van der Waals surface area contributed by atoms with Gasteiger partial charge in [0.2, 0.25) is 0 Å². The fourth-order valence-electron chi connectivity index (χ4n) is 1.20. The second-order valence-corrected chi connectivity index (χ2v) is 2.99. The van der Waals surface area contributed by atoms with Crippen molar-refractivity contribution in [1.82, 2.24) is 9.55 Å². The Morgan fingerprint density at radius 2 is 2.45 bits per heavy atom. The topological polar surface area (TPSA) is 27.1 Å². The second kappa shape index (κ2) is 3.05. The molecule has 1 saturated heterocycles. The summed E-state index contributed by atoms with van der Waals surface area (Å²) in [6.45, 7) is 2.98. The average Bonchev–Trinajstić information content (AvgIpc) is 2.36. The summed E-state index contributed by atoms with van der Waals surface area (Å²) in [4.78, 5) is 3.98. The Labute approximate surface area is 66.0 Å². The SMILES string of the molecule is c1cn(CCC2COC2)cn1. The smallest absolute Gasteiger partial charge is 0.0945 e. The van der Waals surface area contributed by atoms with Gasteiger partial charge in [-0.15, -0.1) is 0 Å². The van der Waals surface area contributed by atoms with Crippen LogP contribution < -0.4 is 0 Å². The van der Waals surface area contributed by atoms with Crippen LogP contribution in [0.15, 0.2) is 18.7 Å². The van der Waals surface area contributed by atoms with E-state index >= 15 is 0 Å². The van der Waals surface area contributed by atoms with Crippen molar-refractivity contribution < 1.29 is 4.74 Å². The first-order chi connectivity index (χ1) is 5.45. The lowest BCUT2D eigenvalue weighted by atomic mass is 10.0. The van der Waals surface area contributed by atoms with Gasteiger partial charge in [0.25, 0.3) is 0 Å². The normalized spacial score (nSPS) is 18.2. The van der Waals surface area contributed by atoms with E-state index in [-0.39, 0.29) is 0 Å². The summed E-state index contributed by atoms with van der Waals surface area (Å²) in [7, 11) is 0. The molecule has 0 spiro atoms. The lowest BCUT2D eigenvalue weighted by molar-refractivity contribution is -0.0371. The van der Waals surface area contributed by atoms with Crippen molar-refractivity contribution in [2.45, 2.75) is 13.0 Å². The van der Waals surface area contributed by atoms with Gasteiger partial charge in [-0.25, -0.2) is 4.98 Å². The van der Waals surface area contributed by atoms with E-state index in [4.69, 9.17) is 4.74 Å². The van der Waals surface area contributed by atoms with Gasteiger partial charge in [-0.05, 0) is 6.42 Å². The molecule has 0 atom stereocenters. The van der Waals surface area contributed by atoms with Crippen LogP contribution in [-0.4, -0.2) is 22.8 Å². The molecular formula is C8H12N2O. The van der Waals surface area contributed by atoms with Crippen LogP contribution in [0.25, 0.3) is 0 Å². The minimum Gasteiger partial charge on any atom is -0.381 e. The molecule has 1 aromatic rings. The summed E-state index contributed by atoms with van der Waals surface area (Å²) in [5, 5.41) is 0. The highest BCUT2D eigenvalue weighted by Gasteiger charge is 2.17. The number of hydrogen-bond acceptors (Lipinski definition) is 2. The molecular weight excluding hydrogens is 140 g/mol. The fourth-order valence-corrected chi connectivity index (χ4v) is 1.20. The Kier molecular flexibility index (Phi) is 1.90. The van der Waals surface area contributed by atoms with Gasteiger partial charge < -0.3 is 9.30 Å². The quantitative estimate of drug-likeness (QED) is 0.644. The summed E-state index contributed by atoms with van der Waals surface area (Å²) in [6.07, 6.45) is 6.90. The van der Waals surface area contributed by atoms with E-state index in [2.05, 4.69) is 9.55 Å². The highest BCUT2D eigenvalue weighted by atomic mass is 16.5. The maximum atomic E-state index is 5.08. The molecule has 0 aliphatic carbocycles. The molecule has 1 aliphatic rings. The number of hydrogen-bond donors (Lipinski definition) is 0. The van der Waals surface area contributed by atoms with Gasteiger partial charge in [0.05, 0.1) is 19.5 Å². The summed E-state index contributed by atoms with van der Waals surface area (Å²) in [5.74, 6) is 0.789. The van der Waals surface area contributed by atoms with Gasteiger partial charge in [0.15, 0.2) is 0 Å². The van der Waals surface area contributed by atoms with E-state index in [1.165, 1.54) is 6.42 Å². The molecule has 0 radical (unpaired) electrons. The van der Waals surface area contributed by atoms with E-state index in [1.54, 1.807) is 0 Å². The van der Waals surface area contributed by atoms with Gasteiger partial charge in [0, 0.05) is 24.9 Å². The van der Waals surface area contributed by atoms with Gasteiger partial charge in [-0.1, -0.05) is 0 Å². The molecule has 1 fully saturated rings. The number of ether oxygens (including phenoxy) is 1. The van der Waals surface area contributed by atoms with Gasteiger partial charge in [-0.2, -0.15) is 0 Å². The molecule has 11 heavy (non-hydrogen) atoms. The molecule has 0 bridgehead atoms. The van der Waals surface area contributed by atoms with Crippen LogP contribution in [0.3, 0.4) is 0 Å². The molecule has 0 aromatic carbocycles. The maximum Gasteiger partial charge on any atom is 0.0945 e. The van der Waals surface area contributed by atoms with Crippen molar-refractivity contribution in [3.63, 3.8) is 0 Å². The molecule has 60 valence electrons. The lowest BCUT2D eigenvalue weighted by Crippen LogP contribution is -2.28. The van der Waals surface area contributed by atoms with Crippen LogP contribution >= 0.6 is 0 Å². The largest absolute Gasteiger partial charge is 0.381 e. The highest BCUT2D eigenvalue weighted by molar-refractivity contribution is 4.75. The van der Waals surface area contributed by atoms with E-state index in [9.17, 15) is 0 Å². The second-order valence-electron chi connectivity index (χ2n) is 2.99. The minimum atomic E-state index is 0.789. The molecule has 0 N–H and O–H groups in total. The van der Waals surface area contributed by atoms with Gasteiger partial charge in [-0.3, -0.25) is 0 Å². The highest BCUT2D eigenvalue weighted by Crippen LogP contribution is 2.14. The predicted molar refractivity (Wildman–Crippen MR) is 41.2 cm³/mol. The van der Waals surface area contributed by atoms with Crippen LogP contribution in [0.5, 0.6) is 0 Å². The predicted octanol–water partition coefficient (Wildman–Crippen LogP) is 0.920. The zero-order valence-electron chi connectivity index (χ0n) is 6.44. The number of nitrogens with zero attached hydrogens (tertiary/aromatic N) is 2. The maximum absolute atomic E-state index is 5.08. The van der Waals surface area contributed by atoms with E-state index < -0.39 is 0 Å². The molecule has 2 heterocycles. The molecule has 2 rings (SSSR count). The van der Waals surface area contributed by atoms with Gasteiger partial charge in [0.1, 0.15) is 0 Å². The molecule has 1 aromatic heterocycles. The third-order valence-electron chi connectivity index (χ3n) is 2.06. The third-order valence-corrected chi connectivity index (χ3v) is 2.06. The fraction of sp³-hybridized carbons (Fsp3) is 0.625. The van der Waals surface area contributed by atoms with Crippen LogP contribution in [0.4, 0.5) is 0 Å². The van der Waals surface area contributed by atoms with Crippen LogP contribution in [0, 0.1) is 5.92 Å². The Morgan fingerprint density at radius 1 is 1.55 bits per heavy atom. The number of aromatic nitrogens is 2. The lowest BCUT2D eigenvalue weighted by Gasteiger charge is -2.25. The zero-order chi connectivity index (χ0) is 7.52. The van der Waals surface area contributed by atoms with E-state index in [0.717, 1.165) is 25.7 Å². The summed E-state index contributed by atoms with van der Waals surface area (Å²) >= 11 is 0. The van der Waals surface area contributed by atoms with Crippen molar-refractivity contribution in [2.24, 2.45) is 5.92 Å². The van der Waals surface area contributed by atoms with Crippen molar-refractivity contribution in [2.75, 3.05) is 13.2 Å². The van der Waals surface area contributed by atoms with Crippen molar-refractivity contribution in [1.29, 1.82) is 0 Å². The van der Waals surface area contributed by atoms with Gasteiger partial charge >= 0.3 is 0 Å². The standard InChI is InChI=1S/C8H12N2O/c1(8-5-11-6-8)3-10-4-2-9-7-10/h2,4,7-8H,1,3,5-6H2. The summed E-state index contributed by atoms with van der Waals surface area (Å²) < 4.78 is 7.19. The van der Waals surface area contributed by atoms with Crippen LogP contribution in [0.2, 0.25) is 0 Å². The van der Waals surface area contributed by atoms with Crippen molar-refractivity contribution in [3.05, 3.63) is 18.7 Å². The van der Waals surface area contributed by atoms with Crippen LogP contribution in [-0.2, 0) is 11.3 Å². The molecule has 3 heteroatoms. The Balaban J connectivity index is 1.74. The number of rotatable bonds is 3. The molecule has 0 saturated carbocycles. The number of imidazole rings is 1. The first-order valence-corrected chi connectivity index (χ1v) is 3.98. The monoisotopic (exact) mass is 152 g/mol. The molecule has 3 nitrogen and oxygen atoms in total. The first kappa shape index (κ1) is 6.85. The zero-order valence-corrected chi connectivity index (χ0v) is 6.44. The van der Waals surface area contributed by atoms with Crippen molar-refractivity contribution in [3.8, 4) is 0 Å². The van der Waals surface area contributed by atoms with Crippen LogP contribution in [0.1, 0.15) is 6.42 Å². The Morgan fingerprint density at radius 3 is 3.00 bits per heavy atom. The number of aryl methyl sites for hydroxylation is 1. The summed E-state index contributed by atoms with van der Waals surface area (Å²) in [5.41, 5.74) is 0. The molecule has 1 aliphatic heterocycles. The Hall–Kier alpha value is -0.830. The molecule has 0 unspecified atom stereocenters. The minimum absolute atomic E-state index is 0.789. The van der Waals surface area contributed by atoms with E-state index in [0.29, 0.717) is 0 Å². The first-order valence-electron chi connectivity index (χ1n) is 3.98. The molecule has 0 amide bonds.